The standard InChI is InChI=1S/C12H17N5/c1-2-7-17-9-11(8-15-17)12(16-13)10-3-5-14-6-4-10/h3-6,8-9,12,16H,2,7,13H2,1H3. The predicted octanol–water partition coefficient (Wildman–Crippen LogP) is 1.24. The average Bonchev–Trinajstić information content (AvgIpc) is 2.81. The predicted molar refractivity (Wildman–Crippen MR) is 65.9 cm³/mol. The van der Waals surface area contributed by atoms with Crippen LogP contribution < -0.4 is 11.3 Å². The lowest BCUT2D eigenvalue weighted by atomic mass is 10.0. The van der Waals surface area contributed by atoms with Crippen LogP contribution in [0.2, 0.25) is 0 Å². The van der Waals surface area contributed by atoms with Crippen LogP contribution in [0.3, 0.4) is 0 Å². The quantitative estimate of drug-likeness (QED) is 0.600. The summed E-state index contributed by atoms with van der Waals surface area (Å²) in [5.74, 6) is 5.61. The Morgan fingerprint density at radius 2 is 2.12 bits per heavy atom. The van der Waals surface area contributed by atoms with Gasteiger partial charge in [-0.3, -0.25) is 15.5 Å². The topological polar surface area (TPSA) is 68.8 Å². The molecule has 0 aliphatic heterocycles. The van der Waals surface area contributed by atoms with Gasteiger partial charge in [0.25, 0.3) is 0 Å². The Balaban J connectivity index is 2.23. The third-order valence-electron chi connectivity index (χ3n) is 2.65. The van der Waals surface area contributed by atoms with E-state index in [2.05, 4.69) is 22.4 Å². The Morgan fingerprint density at radius 3 is 2.76 bits per heavy atom. The molecule has 0 fully saturated rings. The van der Waals surface area contributed by atoms with Crippen LogP contribution in [0.1, 0.15) is 30.5 Å². The summed E-state index contributed by atoms with van der Waals surface area (Å²) >= 11 is 0. The summed E-state index contributed by atoms with van der Waals surface area (Å²) in [6.07, 6.45) is 8.46. The van der Waals surface area contributed by atoms with Crippen molar-refractivity contribution in [2.75, 3.05) is 0 Å². The first kappa shape index (κ1) is 11.8. The van der Waals surface area contributed by atoms with Crippen molar-refractivity contribution in [1.29, 1.82) is 0 Å². The van der Waals surface area contributed by atoms with Gasteiger partial charge in [0.15, 0.2) is 0 Å². The molecule has 2 aromatic rings. The smallest absolute Gasteiger partial charge is 0.0741 e. The molecule has 0 radical (unpaired) electrons. The van der Waals surface area contributed by atoms with Gasteiger partial charge in [-0.05, 0) is 24.1 Å². The fraction of sp³-hybridized carbons (Fsp3) is 0.333. The van der Waals surface area contributed by atoms with Crippen LogP contribution in [0.25, 0.3) is 0 Å². The van der Waals surface area contributed by atoms with E-state index >= 15 is 0 Å². The molecule has 0 spiro atoms. The molecule has 5 nitrogen and oxygen atoms in total. The lowest BCUT2D eigenvalue weighted by Crippen LogP contribution is -2.28. The van der Waals surface area contributed by atoms with E-state index in [1.54, 1.807) is 12.4 Å². The summed E-state index contributed by atoms with van der Waals surface area (Å²) in [7, 11) is 0. The Bertz CT molecular complexity index is 451. The molecule has 90 valence electrons. The largest absolute Gasteiger partial charge is 0.272 e. The second kappa shape index (κ2) is 5.56. The van der Waals surface area contributed by atoms with E-state index in [1.807, 2.05) is 29.2 Å². The minimum absolute atomic E-state index is 0.0383. The molecule has 5 heteroatoms. The highest BCUT2D eigenvalue weighted by atomic mass is 15.3. The molecule has 1 unspecified atom stereocenters. The maximum absolute atomic E-state index is 5.61. The van der Waals surface area contributed by atoms with Crippen LogP contribution in [-0.4, -0.2) is 14.8 Å². The van der Waals surface area contributed by atoms with Gasteiger partial charge in [-0.2, -0.15) is 5.10 Å². The van der Waals surface area contributed by atoms with Gasteiger partial charge in [0.05, 0.1) is 12.2 Å². The minimum atomic E-state index is -0.0383. The summed E-state index contributed by atoms with van der Waals surface area (Å²) in [6, 6.07) is 3.85. The van der Waals surface area contributed by atoms with Gasteiger partial charge >= 0.3 is 0 Å². The number of hydrazine groups is 1. The fourth-order valence-electron chi connectivity index (χ4n) is 1.82. The van der Waals surface area contributed by atoms with Gasteiger partial charge in [-0.1, -0.05) is 6.92 Å². The molecule has 0 amide bonds. The summed E-state index contributed by atoms with van der Waals surface area (Å²) in [5, 5.41) is 4.31. The van der Waals surface area contributed by atoms with E-state index in [9.17, 15) is 0 Å². The zero-order valence-corrected chi connectivity index (χ0v) is 9.87. The fourth-order valence-corrected chi connectivity index (χ4v) is 1.82. The van der Waals surface area contributed by atoms with Gasteiger partial charge in [0, 0.05) is 30.7 Å². The van der Waals surface area contributed by atoms with Gasteiger partial charge < -0.3 is 0 Å². The average molecular weight is 231 g/mol. The first-order chi connectivity index (χ1) is 8.35. The molecule has 2 rings (SSSR count). The van der Waals surface area contributed by atoms with Crippen LogP contribution in [0.15, 0.2) is 36.9 Å². The summed E-state index contributed by atoms with van der Waals surface area (Å²) in [6.45, 7) is 3.05. The van der Waals surface area contributed by atoms with Gasteiger partial charge in [0.2, 0.25) is 0 Å². The molecule has 0 saturated heterocycles. The van der Waals surface area contributed by atoms with Crippen LogP contribution in [0, 0.1) is 0 Å². The van der Waals surface area contributed by atoms with Crippen molar-refractivity contribution in [3.63, 3.8) is 0 Å². The highest BCUT2D eigenvalue weighted by Gasteiger charge is 2.13. The molecule has 1 atom stereocenters. The van der Waals surface area contributed by atoms with Crippen LogP contribution in [0.5, 0.6) is 0 Å². The lowest BCUT2D eigenvalue weighted by molar-refractivity contribution is 0.598. The molecule has 0 bridgehead atoms. The maximum Gasteiger partial charge on any atom is 0.0741 e. The Labute approximate surface area is 101 Å². The minimum Gasteiger partial charge on any atom is -0.272 e. The molecule has 2 heterocycles. The zero-order valence-electron chi connectivity index (χ0n) is 9.87. The first-order valence-electron chi connectivity index (χ1n) is 5.73. The summed E-state index contributed by atoms with van der Waals surface area (Å²) < 4.78 is 1.93. The Morgan fingerprint density at radius 1 is 1.35 bits per heavy atom. The number of hydrogen-bond donors (Lipinski definition) is 2. The van der Waals surface area contributed by atoms with Gasteiger partial charge in [-0.15, -0.1) is 0 Å². The number of hydrogen-bond acceptors (Lipinski definition) is 4. The van der Waals surface area contributed by atoms with Crippen LogP contribution in [-0.2, 0) is 6.54 Å². The summed E-state index contributed by atoms with van der Waals surface area (Å²) in [5.41, 5.74) is 4.95. The van der Waals surface area contributed by atoms with E-state index in [-0.39, 0.29) is 6.04 Å². The molecule has 0 aliphatic rings. The van der Waals surface area contributed by atoms with Crippen molar-refractivity contribution in [3.05, 3.63) is 48.0 Å². The van der Waals surface area contributed by atoms with Gasteiger partial charge in [0.1, 0.15) is 0 Å². The molecular weight excluding hydrogens is 214 g/mol. The Kier molecular flexibility index (Phi) is 3.85. The van der Waals surface area contributed by atoms with Crippen LogP contribution >= 0.6 is 0 Å². The highest BCUT2D eigenvalue weighted by molar-refractivity contribution is 5.26. The number of aryl methyl sites for hydroxylation is 1. The number of aromatic nitrogens is 3. The van der Waals surface area contributed by atoms with Crippen molar-refractivity contribution < 1.29 is 0 Å². The summed E-state index contributed by atoms with van der Waals surface area (Å²) in [4.78, 5) is 4.00. The highest BCUT2D eigenvalue weighted by Crippen LogP contribution is 2.19. The van der Waals surface area contributed by atoms with Crippen molar-refractivity contribution in [1.82, 2.24) is 20.2 Å². The van der Waals surface area contributed by atoms with Gasteiger partial charge in [-0.25, -0.2) is 5.43 Å². The molecule has 0 aromatic carbocycles. The van der Waals surface area contributed by atoms with E-state index < -0.39 is 0 Å². The van der Waals surface area contributed by atoms with E-state index in [4.69, 9.17) is 5.84 Å². The third-order valence-corrected chi connectivity index (χ3v) is 2.65. The van der Waals surface area contributed by atoms with Crippen molar-refractivity contribution in [2.24, 2.45) is 5.84 Å². The number of nitrogens with one attached hydrogen (secondary N) is 1. The monoisotopic (exact) mass is 231 g/mol. The van der Waals surface area contributed by atoms with Crippen LogP contribution in [0.4, 0.5) is 0 Å². The number of rotatable bonds is 5. The number of pyridine rings is 1. The Hall–Kier alpha value is -1.72. The lowest BCUT2D eigenvalue weighted by Gasteiger charge is -2.13. The maximum atomic E-state index is 5.61. The van der Waals surface area contributed by atoms with Crippen molar-refractivity contribution in [2.45, 2.75) is 25.9 Å². The first-order valence-corrected chi connectivity index (χ1v) is 5.73. The second-order valence-corrected chi connectivity index (χ2v) is 3.92. The molecule has 3 N–H and O–H groups in total. The van der Waals surface area contributed by atoms with E-state index in [1.165, 1.54) is 0 Å². The number of nitrogens with zero attached hydrogens (tertiary/aromatic N) is 3. The molecule has 2 aromatic heterocycles. The third kappa shape index (κ3) is 2.69. The molecule has 0 aliphatic carbocycles. The van der Waals surface area contributed by atoms with Crippen molar-refractivity contribution in [3.8, 4) is 0 Å². The van der Waals surface area contributed by atoms with Crippen molar-refractivity contribution >= 4 is 0 Å². The molecule has 17 heavy (non-hydrogen) atoms. The second-order valence-electron chi connectivity index (χ2n) is 3.92. The molecule has 0 saturated carbocycles. The SMILES string of the molecule is CCCn1cc(C(NN)c2ccncc2)cn1. The normalized spacial score (nSPS) is 12.6. The van der Waals surface area contributed by atoms with E-state index in [0.717, 1.165) is 24.1 Å². The molecular formula is C12H17N5. The number of nitrogens with two attached hydrogens (primary N) is 1. The zero-order chi connectivity index (χ0) is 12.1. The van der Waals surface area contributed by atoms with E-state index in [0.29, 0.717) is 0 Å².